The molecule has 148 valence electrons. The molecule has 0 spiro atoms. The topological polar surface area (TPSA) is 78.1 Å². The Labute approximate surface area is 165 Å². The van der Waals surface area contributed by atoms with E-state index in [1.807, 2.05) is 4.90 Å². The van der Waals surface area contributed by atoms with Gasteiger partial charge < -0.3 is 15.2 Å². The number of carbonyl (C=O) groups excluding carboxylic acids is 1. The van der Waals surface area contributed by atoms with Crippen LogP contribution >= 0.6 is 0 Å². The predicted octanol–water partition coefficient (Wildman–Crippen LogP) is 3.21. The third-order valence-corrected chi connectivity index (χ3v) is 6.13. The van der Waals surface area contributed by atoms with Gasteiger partial charge in [-0.15, -0.1) is 0 Å². The number of hydrogen-bond acceptors (Lipinski definition) is 4. The molecular formula is C22H28N4O2. The molecule has 2 N–H and O–H groups in total. The fourth-order valence-electron chi connectivity index (χ4n) is 4.60. The maximum atomic E-state index is 13.6. The summed E-state index contributed by atoms with van der Waals surface area (Å²) in [5.41, 5.74) is 2.35. The number of likely N-dealkylation sites (tertiary alicyclic amines) is 1. The molecule has 1 aromatic heterocycles. The minimum atomic E-state index is -0.515. The second-order valence-corrected chi connectivity index (χ2v) is 8.21. The Bertz CT molecular complexity index is 884. The number of aromatic nitrogens is 2. The number of aryl methyl sites for hydroxylation is 1. The number of carbonyl (C=O) groups is 1. The van der Waals surface area contributed by atoms with Gasteiger partial charge in [0.25, 0.3) is 5.56 Å². The monoisotopic (exact) mass is 380 g/mol. The van der Waals surface area contributed by atoms with Gasteiger partial charge in [0.05, 0.1) is 12.0 Å². The molecule has 0 bridgehead atoms. The van der Waals surface area contributed by atoms with Crippen LogP contribution in [0, 0.1) is 6.92 Å². The third-order valence-electron chi connectivity index (χ3n) is 6.13. The molecule has 1 aliphatic carbocycles. The van der Waals surface area contributed by atoms with Crippen LogP contribution in [-0.4, -0.2) is 39.4 Å². The van der Waals surface area contributed by atoms with Crippen LogP contribution in [0.4, 0.5) is 5.69 Å². The minimum Gasteiger partial charge on any atom is -0.371 e. The van der Waals surface area contributed by atoms with E-state index in [0.717, 1.165) is 56.5 Å². The van der Waals surface area contributed by atoms with Gasteiger partial charge in [0.15, 0.2) is 0 Å². The van der Waals surface area contributed by atoms with E-state index in [2.05, 4.69) is 46.5 Å². The van der Waals surface area contributed by atoms with Crippen LogP contribution in [-0.2, 0) is 4.79 Å². The van der Waals surface area contributed by atoms with E-state index < -0.39 is 5.54 Å². The zero-order valence-corrected chi connectivity index (χ0v) is 16.4. The van der Waals surface area contributed by atoms with Gasteiger partial charge in [-0.25, -0.2) is 4.98 Å². The highest BCUT2D eigenvalue weighted by atomic mass is 16.2. The second kappa shape index (κ2) is 7.78. The molecule has 1 aromatic carbocycles. The van der Waals surface area contributed by atoms with Gasteiger partial charge in [0.1, 0.15) is 5.54 Å². The largest absolute Gasteiger partial charge is 0.371 e. The Morgan fingerprint density at radius 1 is 1.21 bits per heavy atom. The molecular weight excluding hydrogens is 352 g/mol. The van der Waals surface area contributed by atoms with Crippen LogP contribution in [0.5, 0.6) is 0 Å². The Balaban J connectivity index is 1.53. The van der Waals surface area contributed by atoms with Crippen LogP contribution in [0.2, 0.25) is 0 Å². The van der Waals surface area contributed by atoms with Gasteiger partial charge in [-0.05, 0) is 44.7 Å². The lowest BCUT2D eigenvalue weighted by molar-refractivity contribution is -0.137. The SMILES string of the molecule is Cc1ccc(NC2(C(=O)N3CCC[C@H](c4cc(=O)[nH]cn4)C3)CCCC2)cc1. The number of benzene rings is 1. The lowest BCUT2D eigenvalue weighted by atomic mass is 9.90. The highest BCUT2D eigenvalue weighted by Crippen LogP contribution is 2.36. The van der Waals surface area contributed by atoms with Crippen molar-refractivity contribution in [3.05, 3.63) is 58.3 Å². The number of amides is 1. The predicted molar refractivity (Wildman–Crippen MR) is 109 cm³/mol. The van der Waals surface area contributed by atoms with Crippen molar-refractivity contribution in [2.75, 3.05) is 18.4 Å². The van der Waals surface area contributed by atoms with E-state index in [1.54, 1.807) is 6.07 Å². The molecule has 1 atom stereocenters. The van der Waals surface area contributed by atoms with Gasteiger partial charge in [0, 0.05) is 30.8 Å². The fourth-order valence-corrected chi connectivity index (χ4v) is 4.60. The van der Waals surface area contributed by atoms with Crippen molar-refractivity contribution in [1.29, 1.82) is 0 Å². The first kappa shape index (κ1) is 18.7. The molecule has 1 saturated carbocycles. The van der Waals surface area contributed by atoms with Gasteiger partial charge in [-0.2, -0.15) is 0 Å². The molecule has 2 fully saturated rings. The van der Waals surface area contributed by atoms with Gasteiger partial charge in [0.2, 0.25) is 5.91 Å². The zero-order chi connectivity index (χ0) is 19.6. The van der Waals surface area contributed by atoms with Gasteiger partial charge in [-0.1, -0.05) is 30.5 Å². The van der Waals surface area contributed by atoms with Crippen LogP contribution < -0.4 is 10.9 Å². The normalized spacial score (nSPS) is 21.5. The molecule has 2 aliphatic rings. The zero-order valence-electron chi connectivity index (χ0n) is 16.4. The quantitative estimate of drug-likeness (QED) is 0.854. The van der Waals surface area contributed by atoms with Crippen molar-refractivity contribution in [2.45, 2.75) is 56.9 Å². The number of H-pyrrole nitrogens is 1. The summed E-state index contributed by atoms with van der Waals surface area (Å²) in [6, 6.07) is 9.83. The highest BCUT2D eigenvalue weighted by Gasteiger charge is 2.44. The first-order valence-electron chi connectivity index (χ1n) is 10.2. The summed E-state index contributed by atoms with van der Waals surface area (Å²) in [5, 5.41) is 3.58. The van der Waals surface area contributed by atoms with E-state index >= 15 is 0 Å². The van der Waals surface area contributed by atoms with E-state index in [-0.39, 0.29) is 17.4 Å². The molecule has 28 heavy (non-hydrogen) atoms. The van der Waals surface area contributed by atoms with Crippen LogP contribution in [0.15, 0.2) is 41.5 Å². The Kier molecular flexibility index (Phi) is 5.20. The van der Waals surface area contributed by atoms with Crippen LogP contribution in [0.25, 0.3) is 0 Å². The summed E-state index contributed by atoms with van der Waals surface area (Å²) in [5.74, 6) is 0.318. The van der Waals surface area contributed by atoms with Crippen molar-refractivity contribution in [3.8, 4) is 0 Å². The molecule has 4 rings (SSSR count). The van der Waals surface area contributed by atoms with Crippen molar-refractivity contribution in [2.24, 2.45) is 0 Å². The minimum absolute atomic E-state index is 0.123. The summed E-state index contributed by atoms with van der Waals surface area (Å²) in [6.45, 7) is 3.47. The third kappa shape index (κ3) is 3.81. The van der Waals surface area contributed by atoms with Crippen molar-refractivity contribution in [3.63, 3.8) is 0 Å². The van der Waals surface area contributed by atoms with Crippen LogP contribution in [0.3, 0.4) is 0 Å². The molecule has 0 radical (unpaired) electrons. The molecule has 1 amide bonds. The molecule has 6 nitrogen and oxygen atoms in total. The Morgan fingerprint density at radius 2 is 1.96 bits per heavy atom. The van der Waals surface area contributed by atoms with E-state index in [1.165, 1.54) is 11.9 Å². The maximum absolute atomic E-state index is 13.6. The lowest BCUT2D eigenvalue weighted by Gasteiger charge is -2.39. The summed E-state index contributed by atoms with van der Waals surface area (Å²) < 4.78 is 0. The number of anilines is 1. The van der Waals surface area contributed by atoms with Crippen molar-refractivity contribution >= 4 is 11.6 Å². The van der Waals surface area contributed by atoms with Gasteiger partial charge in [-0.3, -0.25) is 9.59 Å². The van der Waals surface area contributed by atoms with Crippen molar-refractivity contribution < 1.29 is 4.79 Å². The maximum Gasteiger partial charge on any atom is 0.250 e. The van der Waals surface area contributed by atoms with E-state index in [4.69, 9.17) is 0 Å². The van der Waals surface area contributed by atoms with Gasteiger partial charge >= 0.3 is 0 Å². The first-order valence-corrected chi connectivity index (χ1v) is 10.2. The lowest BCUT2D eigenvalue weighted by Crippen LogP contribution is -2.54. The molecule has 0 unspecified atom stereocenters. The fraction of sp³-hybridized carbons (Fsp3) is 0.500. The Hall–Kier alpha value is -2.63. The average molecular weight is 380 g/mol. The number of aromatic amines is 1. The summed E-state index contributed by atoms with van der Waals surface area (Å²) in [4.78, 5) is 34.2. The molecule has 2 aromatic rings. The Morgan fingerprint density at radius 3 is 2.68 bits per heavy atom. The molecule has 1 aliphatic heterocycles. The standard InChI is InChI=1S/C22H28N4O2/c1-16-6-8-18(9-7-16)25-22(10-2-3-11-22)21(28)26-12-4-5-17(14-26)19-13-20(27)24-15-23-19/h6-9,13,15,17,25H,2-5,10-12,14H2,1H3,(H,23,24,27)/t17-/m0/s1. The second-order valence-electron chi connectivity index (χ2n) is 8.21. The first-order chi connectivity index (χ1) is 13.6. The average Bonchev–Trinajstić information content (AvgIpc) is 3.19. The van der Waals surface area contributed by atoms with E-state index in [0.29, 0.717) is 6.54 Å². The number of hydrogen-bond donors (Lipinski definition) is 2. The van der Waals surface area contributed by atoms with Crippen molar-refractivity contribution in [1.82, 2.24) is 14.9 Å². The number of rotatable bonds is 4. The summed E-state index contributed by atoms with van der Waals surface area (Å²) in [7, 11) is 0. The number of nitrogens with zero attached hydrogens (tertiary/aromatic N) is 2. The molecule has 2 heterocycles. The smallest absolute Gasteiger partial charge is 0.250 e. The summed E-state index contributed by atoms with van der Waals surface area (Å²) >= 11 is 0. The molecule has 6 heteroatoms. The number of nitrogens with one attached hydrogen (secondary N) is 2. The summed E-state index contributed by atoms with van der Waals surface area (Å²) in [6.07, 6.45) is 7.21. The molecule has 1 saturated heterocycles. The van der Waals surface area contributed by atoms with Crippen LogP contribution in [0.1, 0.15) is 55.7 Å². The number of piperidine rings is 1. The van der Waals surface area contributed by atoms with E-state index in [9.17, 15) is 9.59 Å². The highest BCUT2D eigenvalue weighted by molar-refractivity contribution is 5.90.